The summed E-state index contributed by atoms with van der Waals surface area (Å²) >= 11 is 0. The Morgan fingerprint density at radius 3 is 2.25 bits per heavy atom. The fourth-order valence-corrected chi connectivity index (χ4v) is 3.76. The minimum atomic E-state index is -3.34. The molecule has 1 heterocycles. The van der Waals surface area contributed by atoms with Crippen molar-refractivity contribution in [2.45, 2.75) is 6.54 Å². The molecule has 8 nitrogen and oxygen atoms in total. The lowest BCUT2D eigenvalue weighted by atomic mass is 10.2. The lowest BCUT2D eigenvalue weighted by Crippen LogP contribution is -2.35. The Hall–Kier alpha value is -2.33. The second-order valence-corrected chi connectivity index (χ2v) is 9.24. The van der Waals surface area contributed by atoms with Crippen LogP contribution >= 0.6 is 24.8 Å². The lowest BCUT2D eigenvalue weighted by Gasteiger charge is -2.22. The topological polar surface area (TPSA) is 87.5 Å². The number of hydrogen-bond donors (Lipinski definition) is 1. The average Bonchev–Trinajstić information content (AvgIpc) is 3.00. The molecule has 0 aliphatic carbocycles. The molecule has 0 unspecified atom stereocenters. The first-order chi connectivity index (χ1) is 14.1. The normalized spacial score (nSPS) is 11.0. The van der Waals surface area contributed by atoms with Crippen LogP contribution in [0.25, 0.3) is 11.0 Å². The zero-order valence-electron chi connectivity index (χ0n) is 18.5. The van der Waals surface area contributed by atoms with Crippen molar-refractivity contribution >= 4 is 57.5 Å². The monoisotopic (exact) mass is 501 g/mol. The highest BCUT2D eigenvalue weighted by atomic mass is 35.5. The Morgan fingerprint density at radius 1 is 1.03 bits per heavy atom. The zero-order valence-corrected chi connectivity index (χ0v) is 20.9. The first-order valence-corrected chi connectivity index (χ1v) is 11.5. The van der Waals surface area contributed by atoms with Gasteiger partial charge in [0.2, 0.25) is 10.0 Å². The van der Waals surface area contributed by atoms with E-state index >= 15 is 0 Å². The molecule has 0 aliphatic heterocycles. The van der Waals surface area contributed by atoms with Gasteiger partial charge in [-0.25, -0.2) is 13.4 Å². The second kappa shape index (κ2) is 11.5. The van der Waals surface area contributed by atoms with Crippen molar-refractivity contribution < 1.29 is 13.2 Å². The van der Waals surface area contributed by atoms with Gasteiger partial charge in [0.05, 0.1) is 23.8 Å². The molecule has 0 spiro atoms. The number of hydrogen-bond acceptors (Lipinski definition) is 5. The standard InChI is InChI=1S/C21H27N5O3S.2ClH/c1-24(15-20-22-18-7-5-6-8-19(18)26(20)3)13-14-25(2)21(27)16-9-11-17(12-10-16)23-30(4,28)29;;/h5-12,23H,13-15H2,1-4H3;2*1H. The number of nitrogens with one attached hydrogen (secondary N) is 1. The van der Waals surface area contributed by atoms with Gasteiger partial charge in [-0.15, -0.1) is 24.8 Å². The molecule has 0 saturated carbocycles. The van der Waals surface area contributed by atoms with Crippen molar-refractivity contribution in [3.8, 4) is 0 Å². The van der Waals surface area contributed by atoms with Crippen LogP contribution in [-0.4, -0.2) is 67.1 Å². The molecular formula is C21H29Cl2N5O3S. The number of fused-ring (bicyclic) bond motifs is 1. The van der Waals surface area contributed by atoms with Gasteiger partial charge < -0.3 is 9.47 Å². The molecule has 0 atom stereocenters. The number of rotatable bonds is 8. The Labute approximate surface area is 201 Å². The minimum Gasteiger partial charge on any atom is -0.340 e. The minimum absolute atomic E-state index is 0. The summed E-state index contributed by atoms with van der Waals surface area (Å²) in [6.07, 6.45) is 1.09. The van der Waals surface area contributed by atoms with Gasteiger partial charge in [0.25, 0.3) is 5.91 Å². The first-order valence-electron chi connectivity index (χ1n) is 9.56. The number of imidazole rings is 1. The predicted molar refractivity (Wildman–Crippen MR) is 133 cm³/mol. The summed E-state index contributed by atoms with van der Waals surface area (Å²) in [6, 6.07) is 14.4. The maximum Gasteiger partial charge on any atom is 0.253 e. The summed E-state index contributed by atoms with van der Waals surface area (Å²) in [6.45, 7) is 1.93. The third-order valence-corrected chi connectivity index (χ3v) is 5.50. The molecule has 0 fully saturated rings. The molecule has 3 aromatic rings. The molecule has 11 heteroatoms. The number of likely N-dealkylation sites (N-methyl/N-ethyl adjacent to an activating group) is 2. The van der Waals surface area contributed by atoms with Gasteiger partial charge in [-0.3, -0.25) is 14.4 Å². The number of carbonyl (C=O) groups excluding carboxylic acids is 1. The van der Waals surface area contributed by atoms with Gasteiger partial charge in [-0.1, -0.05) is 12.1 Å². The van der Waals surface area contributed by atoms with Crippen LogP contribution in [-0.2, 0) is 23.6 Å². The Morgan fingerprint density at radius 2 is 1.66 bits per heavy atom. The number of benzene rings is 2. The molecule has 1 N–H and O–H groups in total. The first kappa shape index (κ1) is 27.7. The number of nitrogens with zero attached hydrogens (tertiary/aromatic N) is 4. The molecule has 176 valence electrons. The number of anilines is 1. The van der Waals surface area contributed by atoms with Crippen LogP contribution in [0.2, 0.25) is 0 Å². The van der Waals surface area contributed by atoms with E-state index in [4.69, 9.17) is 0 Å². The van der Waals surface area contributed by atoms with Crippen LogP contribution in [0.1, 0.15) is 16.2 Å². The fraction of sp³-hybridized carbons (Fsp3) is 0.333. The van der Waals surface area contributed by atoms with E-state index in [0.717, 1.165) is 23.1 Å². The third kappa shape index (κ3) is 7.09. The van der Waals surface area contributed by atoms with Crippen molar-refractivity contribution in [1.82, 2.24) is 19.4 Å². The molecule has 32 heavy (non-hydrogen) atoms. The van der Waals surface area contributed by atoms with Crippen LogP contribution < -0.4 is 4.72 Å². The van der Waals surface area contributed by atoms with Crippen LogP contribution in [0.4, 0.5) is 5.69 Å². The summed E-state index contributed by atoms with van der Waals surface area (Å²) in [4.78, 5) is 21.1. The molecule has 2 aromatic carbocycles. The van der Waals surface area contributed by atoms with Crippen LogP contribution in [0.15, 0.2) is 48.5 Å². The fourth-order valence-electron chi connectivity index (χ4n) is 3.19. The molecule has 0 saturated heterocycles. The molecule has 0 radical (unpaired) electrons. The highest BCUT2D eigenvalue weighted by molar-refractivity contribution is 7.92. The zero-order chi connectivity index (χ0) is 21.9. The lowest BCUT2D eigenvalue weighted by molar-refractivity contribution is 0.0781. The van der Waals surface area contributed by atoms with Crippen LogP contribution in [0, 0.1) is 0 Å². The number of para-hydroxylation sites is 2. The van der Waals surface area contributed by atoms with Gasteiger partial charge in [0.1, 0.15) is 5.82 Å². The van der Waals surface area contributed by atoms with E-state index < -0.39 is 10.0 Å². The van der Waals surface area contributed by atoms with Crippen LogP contribution in [0.5, 0.6) is 0 Å². The molecular weight excluding hydrogens is 473 g/mol. The van der Waals surface area contributed by atoms with Gasteiger partial charge >= 0.3 is 0 Å². The van der Waals surface area contributed by atoms with Crippen molar-refractivity contribution in [3.63, 3.8) is 0 Å². The Kier molecular flexibility index (Phi) is 9.96. The SMILES string of the molecule is CN(CCN(C)C(=O)c1ccc(NS(C)(=O)=O)cc1)Cc1nc2ccccc2n1C.Cl.Cl. The van der Waals surface area contributed by atoms with E-state index in [1.807, 2.05) is 32.3 Å². The molecule has 1 amide bonds. The maximum atomic E-state index is 12.6. The number of aromatic nitrogens is 2. The van der Waals surface area contributed by atoms with Crippen molar-refractivity contribution in [3.05, 3.63) is 59.9 Å². The number of halogens is 2. The third-order valence-electron chi connectivity index (χ3n) is 4.89. The van der Waals surface area contributed by atoms with Gasteiger partial charge in [0.15, 0.2) is 0 Å². The molecule has 3 rings (SSSR count). The van der Waals surface area contributed by atoms with Crippen molar-refractivity contribution in [2.24, 2.45) is 7.05 Å². The summed E-state index contributed by atoms with van der Waals surface area (Å²) in [7, 11) is 2.43. The van der Waals surface area contributed by atoms with E-state index in [-0.39, 0.29) is 30.7 Å². The highest BCUT2D eigenvalue weighted by Gasteiger charge is 2.14. The van der Waals surface area contributed by atoms with Crippen LogP contribution in [0.3, 0.4) is 0 Å². The smallest absolute Gasteiger partial charge is 0.253 e. The number of carbonyl (C=O) groups is 1. The Bertz CT molecular complexity index is 1150. The Balaban J connectivity index is 0.00000256. The molecule has 1 aromatic heterocycles. The predicted octanol–water partition coefficient (Wildman–Crippen LogP) is 2.99. The number of aryl methyl sites for hydroxylation is 1. The highest BCUT2D eigenvalue weighted by Crippen LogP contribution is 2.15. The van der Waals surface area contributed by atoms with E-state index in [0.29, 0.717) is 30.9 Å². The second-order valence-electron chi connectivity index (χ2n) is 7.49. The summed E-state index contributed by atoms with van der Waals surface area (Å²) in [5.41, 5.74) is 3.01. The number of amides is 1. The van der Waals surface area contributed by atoms with Gasteiger partial charge in [0, 0.05) is 38.4 Å². The van der Waals surface area contributed by atoms with Gasteiger partial charge in [-0.2, -0.15) is 0 Å². The summed E-state index contributed by atoms with van der Waals surface area (Å²) < 4.78 is 27.0. The maximum absolute atomic E-state index is 12.6. The largest absolute Gasteiger partial charge is 0.340 e. The average molecular weight is 502 g/mol. The summed E-state index contributed by atoms with van der Waals surface area (Å²) in [5, 5.41) is 0. The molecule has 0 aliphatic rings. The van der Waals surface area contributed by atoms with Crippen molar-refractivity contribution in [1.29, 1.82) is 0 Å². The number of sulfonamides is 1. The van der Waals surface area contributed by atoms with E-state index in [9.17, 15) is 13.2 Å². The summed E-state index contributed by atoms with van der Waals surface area (Å²) in [5.74, 6) is 0.860. The van der Waals surface area contributed by atoms with E-state index in [1.165, 1.54) is 0 Å². The quantitative estimate of drug-likeness (QED) is 0.512. The van der Waals surface area contributed by atoms with Crippen molar-refractivity contribution in [2.75, 3.05) is 38.2 Å². The van der Waals surface area contributed by atoms with Gasteiger partial charge in [-0.05, 0) is 43.4 Å². The van der Waals surface area contributed by atoms with E-state index in [1.54, 1.807) is 36.2 Å². The molecule has 0 bridgehead atoms. The van der Waals surface area contributed by atoms with E-state index in [2.05, 4.69) is 25.2 Å².